The Morgan fingerprint density at radius 3 is 2.30 bits per heavy atom. The average Bonchev–Trinajstić information content (AvgIpc) is 3.65. The number of hydrogen-bond donors (Lipinski definition) is 3. The van der Waals surface area contributed by atoms with Crippen molar-refractivity contribution in [2.24, 2.45) is 0 Å². The highest BCUT2D eigenvalue weighted by atomic mass is 16.6. The number of hydrogen-bond acceptors (Lipinski definition) is 10. The summed E-state index contributed by atoms with van der Waals surface area (Å²) >= 11 is 0. The van der Waals surface area contributed by atoms with Gasteiger partial charge in [0.1, 0.15) is 29.3 Å². The highest BCUT2D eigenvalue weighted by Crippen LogP contribution is 2.36. The molecule has 2 aliphatic rings. The van der Waals surface area contributed by atoms with E-state index < -0.39 is 77.7 Å². The molecule has 0 aliphatic carbocycles. The van der Waals surface area contributed by atoms with Gasteiger partial charge in [-0.2, -0.15) is 0 Å². The second kappa shape index (κ2) is 15.4. The topological polar surface area (TPSA) is 181 Å². The molecule has 254 valence electrons. The summed E-state index contributed by atoms with van der Waals surface area (Å²) in [7, 11) is 1.15. The third kappa shape index (κ3) is 8.74. The quantitative estimate of drug-likeness (QED) is 0.233. The normalized spacial score (nSPS) is 21.5. The van der Waals surface area contributed by atoms with Crippen LogP contribution in [0.15, 0.2) is 30.3 Å². The Morgan fingerprint density at radius 1 is 1.04 bits per heavy atom. The van der Waals surface area contributed by atoms with Crippen molar-refractivity contribution in [3.63, 3.8) is 0 Å². The standard InChI is InChI=1S/C32H46N4O10/c1-20(45-21(2)38)25(28(41)44-6)34-29(42)32(18-22-12-8-7-9-13-22)15-11-17-36(32)27(40)24-14-10-16-35(24)26(39)23(19-37)33-30(43)46-31(3,4)5/h7-9,12-13,20,23-25,37H,10-11,14-19H2,1-6H3,(H,33,43)(H,34,42)/t20-,23?,24?,25+,32?/m1/s1. The monoisotopic (exact) mass is 646 g/mol. The predicted molar refractivity (Wildman–Crippen MR) is 164 cm³/mol. The number of alkyl carbamates (subject to hydrolysis) is 1. The van der Waals surface area contributed by atoms with Crippen molar-refractivity contribution in [1.29, 1.82) is 0 Å². The van der Waals surface area contributed by atoms with Crippen LogP contribution in [0.1, 0.15) is 65.9 Å². The number of benzene rings is 1. The second-order valence-electron chi connectivity index (χ2n) is 12.6. The van der Waals surface area contributed by atoms with E-state index in [4.69, 9.17) is 14.2 Å². The molecule has 0 radical (unpaired) electrons. The summed E-state index contributed by atoms with van der Waals surface area (Å²) in [6.07, 6.45) is -0.316. The van der Waals surface area contributed by atoms with Crippen molar-refractivity contribution in [3.05, 3.63) is 35.9 Å². The van der Waals surface area contributed by atoms with Gasteiger partial charge in [-0.05, 0) is 58.9 Å². The first-order valence-electron chi connectivity index (χ1n) is 15.5. The van der Waals surface area contributed by atoms with E-state index in [1.807, 2.05) is 30.3 Å². The van der Waals surface area contributed by atoms with Crippen LogP contribution in [0.25, 0.3) is 0 Å². The number of nitrogens with one attached hydrogen (secondary N) is 2. The molecule has 3 unspecified atom stereocenters. The van der Waals surface area contributed by atoms with Crippen LogP contribution in [0.5, 0.6) is 0 Å². The Balaban J connectivity index is 1.94. The largest absolute Gasteiger partial charge is 0.467 e. The van der Waals surface area contributed by atoms with Gasteiger partial charge in [-0.25, -0.2) is 9.59 Å². The van der Waals surface area contributed by atoms with E-state index in [0.717, 1.165) is 12.7 Å². The van der Waals surface area contributed by atoms with E-state index in [9.17, 15) is 33.9 Å². The van der Waals surface area contributed by atoms with Crippen molar-refractivity contribution in [2.75, 3.05) is 26.8 Å². The van der Waals surface area contributed by atoms with Crippen molar-refractivity contribution in [3.8, 4) is 0 Å². The fraction of sp³-hybridized carbons (Fsp3) is 0.625. The zero-order valence-electron chi connectivity index (χ0n) is 27.4. The van der Waals surface area contributed by atoms with Crippen LogP contribution in [0.4, 0.5) is 4.79 Å². The molecule has 1 aromatic carbocycles. The Morgan fingerprint density at radius 2 is 1.72 bits per heavy atom. The van der Waals surface area contributed by atoms with Crippen molar-refractivity contribution in [1.82, 2.24) is 20.4 Å². The molecular formula is C32H46N4O10. The lowest BCUT2D eigenvalue weighted by atomic mass is 9.86. The molecule has 46 heavy (non-hydrogen) atoms. The molecule has 2 aliphatic heterocycles. The number of likely N-dealkylation sites (tertiary alicyclic amines) is 2. The number of nitrogens with zero attached hydrogens (tertiary/aromatic N) is 2. The lowest BCUT2D eigenvalue weighted by Gasteiger charge is -2.41. The second-order valence-corrected chi connectivity index (χ2v) is 12.6. The molecule has 5 atom stereocenters. The fourth-order valence-corrected chi connectivity index (χ4v) is 6.04. The van der Waals surface area contributed by atoms with E-state index in [1.165, 1.54) is 23.6 Å². The van der Waals surface area contributed by atoms with Crippen LogP contribution in [0, 0.1) is 0 Å². The molecule has 14 nitrogen and oxygen atoms in total. The Kier molecular flexibility index (Phi) is 12.1. The number of amides is 4. The zero-order chi connectivity index (χ0) is 34.2. The van der Waals surface area contributed by atoms with Gasteiger partial charge in [-0.1, -0.05) is 30.3 Å². The van der Waals surface area contributed by atoms with Gasteiger partial charge < -0.3 is 39.8 Å². The summed E-state index contributed by atoms with van der Waals surface area (Å²) < 4.78 is 15.3. The lowest BCUT2D eigenvalue weighted by Crippen LogP contribution is -2.65. The number of carbonyl (C=O) groups is 6. The van der Waals surface area contributed by atoms with Crippen molar-refractivity contribution in [2.45, 2.75) is 102 Å². The molecule has 2 saturated heterocycles. The van der Waals surface area contributed by atoms with Crippen LogP contribution in [-0.2, 0) is 44.6 Å². The van der Waals surface area contributed by atoms with E-state index in [1.54, 1.807) is 20.8 Å². The maximum absolute atomic E-state index is 14.4. The molecule has 2 fully saturated rings. The third-order valence-electron chi connectivity index (χ3n) is 8.07. The van der Waals surface area contributed by atoms with Crippen molar-refractivity contribution >= 4 is 35.8 Å². The number of methoxy groups -OCH3 is 1. The average molecular weight is 647 g/mol. The number of ether oxygens (including phenoxy) is 3. The molecule has 0 spiro atoms. The molecular weight excluding hydrogens is 600 g/mol. The molecule has 2 heterocycles. The maximum atomic E-state index is 14.4. The minimum atomic E-state index is -1.46. The minimum Gasteiger partial charge on any atom is -0.467 e. The molecule has 0 bridgehead atoms. The lowest BCUT2D eigenvalue weighted by molar-refractivity contribution is -0.159. The molecule has 14 heteroatoms. The highest BCUT2D eigenvalue weighted by molar-refractivity contribution is 5.98. The van der Waals surface area contributed by atoms with Gasteiger partial charge in [0.2, 0.25) is 17.7 Å². The number of aliphatic hydroxyl groups is 1. The Bertz CT molecular complexity index is 1280. The maximum Gasteiger partial charge on any atom is 0.408 e. The number of aliphatic hydroxyl groups excluding tert-OH is 1. The van der Waals surface area contributed by atoms with Gasteiger partial charge in [-0.15, -0.1) is 0 Å². The molecule has 4 amide bonds. The van der Waals surface area contributed by atoms with Crippen LogP contribution in [-0.4, -0.2) is 113 Å². The SMILES string of the molecule is COC(=O)[C@@H](NC(=O)C1(Cc2ccccc2)CCCN1C(=O)C1CCCN1C(=O)C(CO)NC(=O)OC(C)(C)C)[C@@H](C)OC(C)=O. The summed E-state index contributed by atoms with van der Waals surface area (Å²) in [6, 6.07) is 5.46. The van der Waals surface area contributed by atoms with Crippen LogP contribution < -0.4 is 10.6 Å². The van der Waals surface area contributed by atoms with Gasteiger partial charge in [0, 0.05) is 26.4 Å². The molecule has 3 N–H and O–H groups in total. The van der Waals surface area contributed by atoms with Gasteiger partial charge in [-0.3, -0.25) is 19.2 Å². The Hall–Kier alpha value is -4.20. The van der Waals surface area contributed by atoms with Crippen LogP contribution in [0.3, 0.4) is 0 Å². The minimum absolute atomic E-state index is 0.112. The fourth-order valence-electron chi connectivity index (χ4n) is 6.04. The number of carbonyl (C=O) groups excluding carboxylic acids is 6. The molecule has 0 saturated carbocycles. The van der Waals surface area contributed by atoms with E-state index >= 15 is 0 Å². The Labute approximate surface area is 269 Å². The van der Waals surface area contributed by atoms with E-state index in [2.05, 4.69) is 10.6 Å². The van der Waals surface area contributed by atoms with Crippen molar-refractivity contribution < 1.29 is 48.1 Å². The first-order chi connectivity index (χ1) is 21.6. The molecule has 1 aromatic rings. The number of esters is 2. The van der Waals surface area contributed by atoms with E-state index in [-0.39, 0.29) is 25.9 Å². The van der Waals surface area contributed by atoms with Gasteiger partial charge in [0.05, 0.1) is 13.7 Å². The highest BCUT2D eigenvalue weighted by Gasteiger charge is 2.53. The van der Waals surface area contributed by atoms with Crippen LogP contribution >= 0.6 is 0 Å². The van der Waals surface area contributed by atoms with Gasteiger partial charge in [0.15, 0.2) is 6.04 Å². The summed E-state index contributed by atoms with van der Waals surface area (Å²) in [6.45, 7) is 7.32. The summed E-state index contributed by atoms with van der Waals surface area (Å²) in [5, 5.41) is 15.1. The third-order valence-corrected chi connectivity index (χ3v) is 8.07. The smallest absolute Gasteiger partial charge is 0.408 e. The van der Waals surface area contributed by atoms with Crippen LogP contribution in [0.2, 0.25) is 0 Å². The first kappa shape index (κ1) is 36.3. The number of rotatable bonds is 11. The molecule has 3 rings (SSSR count). The van der Waals surface area contributed by atoms with E-state index in [0.29, 0.717) is 19.3 Å². The van der Waals surface area contributed by atoms with Gasteiger partial charge >= 0.3 is 18.0 Å². The summed E-state index contributed by atoms with van der Waals surface area (Å²) in [5.41, 5.74) is -1.52. The molecule has 0 aromatic heterocycles. The summed E-state index contributed by atoms with van der Waals surface area (Å²) in [4.78, 5) is 81.8. The predicted octanol–water partition coefficient (Wildman–Crippen LogP) is 1.08. The summed E-state index contributed by atoms with van der Waals surface area (Å²) in [5.74, 6) is -3.23. The van der Waals surface area contributed by atoms with Gasteiger partial charge in [0.25, 0.3) is 0 Å². The first-order valence-corrected chi connectivity index (χ1v) is 15.5. The zero-order valence-corrected chi connectivity index (χ0v) is 27.4.